The molecular formula is C32H37N3O6. The lowest BCUT2D eigenvalue weighted by atomic mass is 10.1. The number of anilines is 1. The second-order valence-electron chi connectivity index (χ2n) is 10.1. The van der Waals surface area contributed by atoms with Crippen LogP contribution in [-0.4, -0.2) is 57.0 Å². The molecule has 2 N–H and O–H groups in total. The summed E-state index contributed by atoms with van der Waals surface area (Å²) in [6, 6.07) is 16.4. The van der Waals surface area contributed by atoms with Crippen molar-refractivity contribution in [2.45, 2.75) is 44.6 Å². The van der Waals surface area contributed by atoms with Gasteiger partial charge in [-0.05, 0) is 81.0 Å². The molecule has 1 amide bonds. The van der Waals surface area contributed by atoms with Crippen molar-refractivity contribution in [1.29, 1.82) is 0 Å². The highest BCUT2D eigenvalue weighted by Crippen LogP contribution is 2.38. The molecule has 216 valence electrons. The Morgan fingerprint density at radius 2 is 1.56 bits per heavy atom. The van der Waals surface area contributed by atoms with Crippen LogP contribution in [0.3, 0.4) is 0 Å². The molecule has 0 saturated carbocycles. The number of benzene rings is 3. The van der Waals surface area contributed by atoms with Crippen LogP contribution in [0.15, 0.2) is 59.6 Å². The van der Waals surface area contributed by atoms with Gasteiger partial charge < -0.3 is 34.3 Å². The van der Waals surface area contributed by atoms with Gasteiger partial charge in [-0.2, -0.15) is 0 Å². The number of carbonyl (C=O) groups is 1. The number of carbonyl (C=O) groups excluding carboxylic acids is 1. The van der Waals surface area contributed by atoms with Crippen LogP contribution in [0, 0.1) is 0 Å². The van der Waals surface area contributed by atoms with E-state index in [4.69, 9.17) is 29.4 Å². The first kappa shape index (κ1) is 28.1. The maximum absolute atomic E-state index is 13.0. The van der Waals surface area contributed by atoms with Gasteiger partial charge >= 0.3 is 0 Å². The van der Waals surface area contributed by atoms with E-state index in [0.29, 0.717) is 58.9 Å². The van der Waals surface area contributed by atoms with Crippen molar-refractivity contribution in [2.24, 2.45) is 4.99 Å². The SMILES string of the molecule is COc1ccc(Oc2ccc(OCCCCCCOc3cc4c(cc3OC)C(=O)N3CCC[C@H]3C=N4)cc2N)cc1. The standard InChI is InChI=1S/C32H37N3O6/c1-37-23-9-11-24(12-10-23)41-29-14-13-25(18-27(29)33)39-16-5-3-4-6-17-40-31-20-28-26(19-30(31)38-2)32(36)35-15-7-8-22(35)21-34-28/h9-14,18-22H,3-8,15-17,33H2,1-2H3/t22-/m0/s1. The summed E-state index contributed by atoms with van der Waals surface area (Å²) in [7, 11) is 3.21. The van der Waals surface area contributed by atoms with Crippen molar-refractivity contribution < 1.29 is 28.5 Å². The van der Waals surface area contributed by atoms with E-state index in [0.717, 1.165) is 50.8 Å². The highest BCUT2D eigenvalue weighted by atomic mass is 16.5. The summed E-state index contributed by atoms with van der Waals surface area (Å²) < 4.78 is 28.5. The summed E-state index contributed by atoms with van der Waals surface area (Å²) in [4.78, 5) is 19.5. The zero-order chi connectivity index (χ0) is 28.6. The number of fused-ring (bicyclic) bond motifs is 2. The van der Waals surface area contributed by atoms with Crippen molar-refractivity contribution in [1.82, 2.24) is 4.90 Å². The number of rotatable bonds is 13. The number of hydrogen-bond donors (Lipinski definition) is 1. The summed E-state index contributed by atoms with van der Waals surface area (Å²) in [6.45, 7) is 1.91. The lowest BCUT2D eigenvalue weighted by molar-refractivity contribution is 0.0774. The average molecular weight is 560 g/mol. The normalized spacial score (nSPS) is 15.6. The summed E-state index contributed by atoms with van der Waals surface area (Å²) in [5.41, 5.74) is 7.89. The Kier molecular flexibility index (Phi) is 9.13. The van der Waals surface area contributed by atoms with E-state index in [9.17, 15) is 4.79 Å². The molecule has 0 radical (unpaired) electrons. The fraction of sp³-hybridized carbons (Fsp3) is 0.375. The zero-order valence-electron chi connectivity index (χ0n) is 23.6. The molecule has 0 spiro atoms. The predicted octanol–water partition coefficient (Wildman–Crippen LogP) is 6.42. The molecule has 2 heterocycles. The van der Waals surface area contributed by atoms with Gasteiger partial charge in [0.05, 0.1) is 50.4 Å². The molecular weight excluding hydrogens is 522 g/mol. The first-order chi connectivity index (χ1) is 20.1. The fourth-order valence-electron chi connectivity index (χ4n) is 5.03. The predicted molar refractivity (Wildman–Crippen MR) is 159 cm³/mol. The van der Waals surface area contributed by atoms with Gasteiger partial charge in [0.15, 0.2) is 17.2 Å². The van der Waals surface area contributed by atoms with Crippen LogP contribution in [0.2, 0.25) is 0 Å². The Morgan fingerprint density at radius 1 is 0.829 bits per heavy atom. The Labute approximate surface area is 240 Å². The van der Waals surface area contributed by atoms with E-state index >= 15 is 0 Å². The second-order valence-corrected chi connectivity index (χ2v) is 10.1. The van der Waals surface area contributed by atoms with Crippen molar-refractivity contribution >= 4 is 23.5 Å². The summed E-state index contributed by atoms with van der Waals surface area (Å²) in [5, 5.41) is 0. The number of methoxy groups -OCH3 is 2. The number of nitrogens with two attached hydrogens (primary N) is 1. The second kappa shape index (κ2) is 13.3. The van der Waals surface area contributed by atoms with Crippen LogP contribution in [0.4, 0.5) is 11.4 Å². The van der Waals surface area contributed by atoms with Crippen LogP contribution >= 0.6 is 0 Å². The van der Waals surface area contributed by atoms with Crippen molar-refractivity contribution in [3.05, 3.63) is 60.2 Å². The smallest absolute Gasteiger partial charge is 0.256 e. The van der Waals surface area contributed by atoms with E-state index in [2.05, 4.69) is 4.99 Å². The van der Waals surface area contributed by atoms with Gasteiger partial charge in [-0.1, -0.05) is 0 Å². The molecule has 2 aliphatic heterocycles. The Balaban J connectivity index is 1.03. The summed E-state index contributed by atoms with van der Waals surface area (Å²) in [6.07, 6.45) is 7.66. The molecule has 1 atom stereocenters. The molecule has 9 nitrogen and oxygen atoms in total. The van der Waals surface area contributed by atoms with Crippen LogP contribution in [0.1, 0.15) is 48.9 Å². The molecule has 9 heteroatoms. The molecule has 0 aliphatic carbocycles. The third-order valence-electron chi connectivity index (χ3n) is 7.29. The molecule has 0 aromatic heterocycles. The Hall–Kier alpha value is -4.40. The number of unbranched alkanes of at least 4 members (excludes halogenated alkanes) is 3. The maximum atomic E-state index is 13.0. The maximum Gasteiger partial charge on any atom is 0.256 e. The van der Waals surface area contributed by atoms with Gasteiger partial charge in [0.1, 0.15) is 17.2 Å². The monoisotopic (exact) mass is 559 g/mol. The third kappa shape index (κ3) is 6.85. The van der Waals surface area contributed by atoms with E-state index in [1.165, 1.54) is 0 Å². The number of nitrogen functional groups attached to an aromatic ring is 1. The molecule has 0 bridgehead atoms. The van der Waals surface area contributed by atoms with Crippen LogP contribution in [0.5, 0.6) is 34.5 Å². The fourth-order valence-corrected chi connectivity index (χ4v) is 5.03. The molecule has 1 fully saturated rings. The lowest BCUT2D eigenvalue weighted by Gasteiger charge is -2.20. The van der Waals surface area contributed by atoms with Gasteiger partial charge in [0, 0.05) is 24.9 Å². The number of ether oxygens (including phenoxy) is 5. The van der Waals surface area contributed by atoms with E-state index < -0.39 is 0 Å². The van der Waals surface area contributed by atoms with Gasteiger partial charge in [0.25, 0.3) is 5.91 Å². The summed E-state index contributed by atoms with van der Waals surface area (Å²) in [5.74, 6) is 3.90. The van der Waals surface area contributed by atoms with E-state index in [-0.39, 0.29) is 11.9 Å². The van der Waals surface area contributed by atoms with Gasteiger partial charge in [0.2, 0.25) is 0 Å². The number of hydrogen-bond acceptors (Lipinski definition) is 8. The van der Waals surface area contributed by atoms with Crippen molar-refractivity contribution in [3.8, 4) is 34.5 Å². The molecule has 0 unspecified atom stereocenters. The molecule has 5 rings (SSSR count). The summed E-state index contributed by atoms with van der Waals surface area (Å²) >= 11 is 0. The molecule has 2 aliphatic rings. The van der Waals surface area contributed by atoms with Gasteiger partial charge in [-0.15, -0.1) is 0 Å². The van der Waals surface area contributed by atoms with Crippen molar-refractivity contribution in [2.75, 3.05) is 39.7 Å². The zero-order valence-corrected chi connectivity index (χ0v) is 23.6. The minimum absolute atomic E-state index is 0.00703. The van der Waals surface area contributed by atoms with Crippen LogP contribution < -0.4 is 29.4 Å². The first-order valence-corrected chi connectivity index (χ1v) is 14.1. The lowest BCUT2D eigenvalue weighted by Crippen LogP contribution is -2.35. The number of nitrogens with zero attached hydrogens (tertiary/aromatic N) is 2. The van der Waals surface area contributed by atoms with E-state index in [1.54, 1.807) is 26.4 Å². The molecule has 3 aromatic rings. The highest BCUT2D eigenvalue weighted by Gasteiger charge is 2.32. The van der Waals surface area contributed by atoms with E-state index in [1.807, 2.05) is 53.6 Å². The van der Waals surface area contributed by atoms with Crippen molar-refractivity contribution in [3.63, 3.8) is 0 Å². The largest absolute Gasteiger partial charge is 0.497 e. The van der Waals surface area contributed by atoms with Crippen LogP contribution in [0.25, 0.3) is 0 Å². The topological polar surface area (TPSA) is 105 Å². The minimum Gasteiger partial charge on any atom is -0.497 e. The van der Waals surface area contributed by atoms with Gasteiger partial charge in [-0.25, -0.2) is 0 Å². The van der Waals surface area contributed by atoms with Gasteiger partial charge in [-0.3, -0.25) is 9.79 Å². The minimum atomic E-state index is 0.00703. The quantitative estimate of drug-likeness (QED) is 0.190. The molecule has 3 aromatic carbocycles. The number of aliphatic imine (C=N–C) groups is 1. The molecule has 41 heavy (non-hydrogen) atoms. The molecule has 1 saturated heterocycles. The highest BCUT2D eigenvalue weighted by molar-refractivity contribution is 6.03. The first-order valence-electron chi connectivity index (χ1n) is 14.1. The van der Waals surface area contributed by atoms with Crippen LogP contribution in [-0.2, 0) is 0 Å². The average Bonchev–Trinajstić information content (AvgIpc) is 3.43. The Bertz CT molecular complexity index is 1370. The number of amides is 1. The Morgan fingerprint density at radius 3 is 2.29 bits per heavy atom. The third-order valence-corrected chi connectivity index (χ3v) is 7.29.